The molecule has 0 saturated heterocycles. The molecule has 3 N–H and O–H groups in total. The number of non-ortho nitro benzene ring substituents is 1. The number of nitrogens with zero attached hydrogens (tertiary/aromatic N) is 3. The van der Waals surface area contributed by atoms with Crippen LogP contribution in [0.25, 0.3) is 11.4 Å². The molecule has 0 aliphatic heterocycles. The number of nitro benzene ring substituents is 1. The molecule has 7 heteroatoms. The number of aromatic nitrogens is 3. The topological polar surface area (TPSA) is 111 Å². The Balaban J connectivity index is 2.23. The Morgan fingerprint density at radius 1 is 1.44 bits per heavy atom. The van der Waals surface area contributed by atoms with Crippen LogP contribution in [0.3, 0.4) is 0 Å². The van der Waals surface area contributed by atoms with Crippen molar-refractivity contribution in [1.29, 1.82) is 0 Å². The molecule has 0 aliphatic carbocycles. The van der Waals surface area contributed by atoms with E-state index in [1.54, 1.807) is 12.1 Å². The summed E-state index contributed by atoms with van der Waals surface area (Å²) in [6, 6.07) is 6.24. The molecule has 2 aromatic rings. The Morgan fingerprint density at radius 3 is 3.00 bits per heavy atom. The van der Waals surface area contributed by atoms with E-state index in [0.717, 1.165) is 18.7 Å². The molecule has 94 valence electrons. The summed E-state index contributed by atoms with van der Waals surface area (Å²) >= 11 is 0. The van der Waals surface area contributed by atoms with Crippen LogP contribution in [0.15, 0.2) is 24.3 Å². The fourth-order valence-electron chi connectivity index (χ4n) is 1.56. The third-order valence-corrected chi connectivity index (χ3v) is 2.46. The molecule has 0 spiro atoms. The van der Waals surface area contributed by atoms with Crippen LogP contribution in [-0.2, 0) is 6.42 Å². The maximum atomic E-state index is 10.7. The minimum atomic E-state index is -0.439. The van der Waals surface area contributed by atoms with E-state index >= 15 is 0 Å². The lowest BCUT2D eigenvalue weighted by Crippen LogP contribution is -2.01. The molecule has 1 aromatic carbocycles. The number of rotatable bonds is 5. The fraction of sp³-hybridized carbons (Fsp3) is 0.273. The highest BCUT2D eigenvalue weighted by atomic mass is 16.6. The normalized spacial score (nSPS) is 10.5. The number of aryl methyl sites for hydroxylation is 1. The van der Waals surface area contributed by atoms with E-state index in [-0.39, 0.29) is 5.69 Å². The number of aromatic amines is 1. The molecule has 0 amide bonds. The predicted octanol–water partition coefficient (Wildman–Crippen LogP) is 1.27. The molecule has 0 unspecified atom stereocenters. The average molecular weight is 247 g/mol. The molecule has 0 atom stereocenters. The van der Waals surface area contributed by atoms with Gasteiger partial charge >= 0.3 is 0 Å². The van der Waals surface area contributed by atoms with Crippen molar-refractivity contribution >= 4 is 5.69 Å². The van der Waals surface area contributed by atoms with Gasteiger partial charge in [0, 0.05) is 24.1 Å². The summed E-state index contributed by atoms with van der Waals surface area (Å²) in [4.78, 5) is 14.5. The highest BCUT2D eigenvalue weighted by molar-refractivity contribution is 5.58. The van der Waals surface area contributed by atoms with E-state index in [0.29, 0.717) is 17.9 Å². The minimum absolute atomic E-state index is 0.0285. The number of nitrogens with one attached hydrogen (secondary N) is 1. The smallest absolute Gasteiger partial charge is 0.270 e. The summed E-state index contributed by atoms with van der Waals surface area (Å²) in [5.41, 5.74) is 6.06. The molecular formula is C11H13N5O2. The van der Waals surface area contributed by atoms with Crippen LogP contribution in [0, 0.1) is 10.1 Å². The quantitative estimate of drug-likeness (QED) is 0.610. The molecule has 18 heavy (non-hydrogen) atoms. The summed E-state index contributed by atoms with van der Waals surface area (Å²) < 4.78 is 0. The maximum absolute atomic E-state index is 10.7. The van der Waals surface area contributed by atoms with Gasteiger partial charge in [-0.05, 0) is 13.0 Å². The van der Waals surface area contributed by atoms with Crippen molar-refractivity contribution in [3.05, 3.63) is 40.2 Å². The zero-order chi connectivity index (χ0) is 13.0. The van der Waals surface area contributed by atoms with Gasteiger partial charge < -0.3 is 5.73 Å². The second kappa shape index (κ2) is 5.37. The Labute approximate surface area is 103 Å². The molecule has 1 heterocycles. The van der Waals surface area contributed by atoms with Crippen LogP contribution < -0.4 is 5.73 Å². The third-order valence-electron chi connectivity index (χ3n) is 2.46. The average Bonchev–Trinajstić information content (AvgIpc) is 2.85. The van der Waals surface area contributed by atoms with Crippen molar-refractivity contribution in [3.63, 3.8) is 0 Å². The van der Waals surface area contributed by atoms with E-state index in [1.165, 1.54) is 12.1 Å². The van der Waals surface area contributed by atoms with Gasteiger partial charge in [-0.2, -0.15) is 5.10 Å². The molecule has 2 rings (SSSR count). The zero-order valence-corrected chi connectivity index (χ0v) is 9.67. The van der Waals surface area contributed by atoms with E-state index in [4.69, 9.17) is 5.73 Å². The van der Waals surface area contributed by atoms with Gasteiger partial charge in [0.2, 0.25) is 0 Å². The Kier molecular flexibility index (Phi) is 3.63. The molecule has 0 fully saturated rings. The van der Waals surface area contributed by atoms with Crippen LogP contribution in [0.2, 0.25) is 0 Å². The fourth-order valence-corrected chi connectivity index (χ4v) is 1.56. The largest absolute Gasteiger partial charge is 0.330 e. The lowest BCUT2D eigenvalue weighted by atomic mass is 10.2. The van der Waals surface area contributed by atoms with E-state index in [2.05, 4.69) is 15.2 Å². The van der Waals surface area contributed by atoms with Crippen molar-refractivity contribution in [2.45, 2.75) is 12.8 Å². The van der Waals surface area contributed by atoms with E-state index in [9.17, 15) is 10.1 Å². The Morgan fingerprint density at radius 2 is 2.28 bits per heavy atom. The van der Waals surface area contributed by atoms with Crippen molar-refractivity contribution in [2.24, 2.45) is 5.73 Å². The molecular weight excluding hydrogens is 234 g/mol. The van der Waals surface area contributed by atoms with E-state index < -0.39 is 4.92 Å². The second-order valence-corrected chi connectivity index (χ2v) is 3.81. The van der Waals surface area contributed by atoms with Gasteiger partial charge in [-0.15, -0.1) is 0 Å². The van der Waals surface area contributed by atoms with Crippen LogP contribution in [0.1, 0.15) is 12.2 Å². The maximum Gasteiger partial charge on any atom is 0.270 e. The highest BCUT2D eigenvalue weighted by Gasteiger charge is 2.10. The molecule has 0 saturated carbocycles. The summed E-state index contributed by atoms with van der Waals surface area (Å²) in [5.74, 6) is 1.20. The van der Waals surface area contributed by atoms with Gasteiger partial charge in [0.05, 0.1) is 4.92 Å². The number of benzene rings is 1. The summed E-state index contributed by atoms with van der Waals surface area (Å²) in [6.07, 6.45) is 1.54. The van der Waals surface area contributed by atoms with Gasteiger partial charge in [0.25, 0.3) is 5.69 Å². The molecule has 0 aliphatic rings. The number of hydrogen-bond donors (Lipinski definition) is 2. The molecule has 0 radical (unpaired) electrons. The van der Waals surface area contributed by atoms with Gasteiger partial charge in [-0.1, -0.05) is 12.1 Å². The number of hydrogen-bond acceptors (Lipinski definition) is 5. The third kappa shape index (κ3) is 2.69. The van der Waals surface area contributed by atoms with Gasteiger partial charge in [0.15, 0.2) is 5.82 Å². The second-order valence-electron chi connectivity index (χ2n) is 3.81. The summed E-state index contributed by atoms with van der Waals surface area (Å²) in [6.45, 7) is 0.590. The Hall–Kier alpha value is -2.28. The van der Waals surface area contributed by atoms with Crippen molar-refractivity contribution in [1.82, 2.24) is 15.2 Å². The number of nitrogens with two attached hydrogens (primary N) is 1. The highest BCUT2D eigenvalue weighted by Crippen LogP contribution is 2.20. The predicted molar refractivity (Wildman–Crippen MR) is 65.8 cm³/mol. The first-order valence-electron chi connectivity index (χ1n) is 5.57. The number of nitro groups is 1. The lowest BCUT2D eigenvalue weighted by Gasteiger charge is -1.95. The van der Waals surface area contributed by atoms with Gasteiger partial charge in [0.1, 0.15) is 5.82 Å². The van der Waals surface area contributed by atoms with Crippen LogP contribution in [0.5, 0.6) is 0 Å². The SMILES string of the molecule is NCCCc1nc(-c2cccc([N+](=O)[O-])c2)n[nH]1. The monoisotopic (exact) mass is 247 g/mol. The first kappa shape index (κ1) is 12.2. The van der Waals surface area contributed by atoms with Crippen molar-refractivity contribution < 1.29 is 4.92 Å². The van der Waals surface area contributed by atoms with Crippen molar-refractivity contribution in [2.75, 3.05) is 6.54 Å². The number of H-pyrrole nitrogens is 1. The zero-order valence-electron chi connectivity index (χ0n) is 9.67. The Bertz CT molecular complexity index is 552. The van der Waals surface area contributed by atoms with Crippen LogP contribution in [0.4, 0.5) is 5.69 Å². The van der Waals surface area contributed by atoms with E-state index in [1.807, 2.05) is 0 Å². The van der Waals surface area contributed by atoms with Crippen LogP contribution >= 0.6 is 0 Å². The van der Waals surface area contributed by atoms with Crippen molar-refractivity contribution in [3.8, 4) is 11.4 Å². The summed E-state index contributed by atoms with van der Waals surface area (Å²) in [7, 11) is 0. The van der Waals surface area contributed by atoms with Gasteiger partial charge in [-0.3, -0.25) is 15.2 Å². The first-order valence-corrected chi connectivity index (χ1v) is 5.57. The van der Waals surface area contributed by atoms with Gasteiger partial charge in [-0.25, -0.2) is 4.98 Å². The standard InChI is InChI=1S/C11H13N5O2/c12-6-2-5-10-13-11(15-14-10)8-3-1-4-9(7-8)16(17)18/h1,3-4,7H,2,5-6,12H2,(H,13,14,15). The molecule has 7 nitrogen and oxygen atoms in total. The molecule has 1 aromatic heterocycles. The molecule has 0 bridgehead atoms. The van der Waals surface area contributed by atoms with Crippen LogP contribution in [-0.4, -0.2) is 26.6 Å². The minimum Gasteiger partial charge on any atom is -0.330 e. The summed E-state index contributed by atoms with van der Waals surface area (Å²) in [5, 5.41) is 17.5. The lowest BCUT2D eigenvalue weighted by molar-refractivity contribution is -0.384. The first-order chi connectivity index (χ1) is 8.70.